The SMILES string of the molecule is CC(C)C(N)CCN(C)C(=O)C(C)(C)c1ccc2c(c1)OCCO2.Cl. The molecule has 0 saturated carbocycles. The van der Waals surface area contributed by atoms with Crippen molar-refractivity contribution in [3.05, 3.63) is 23.8 Å². The normalized spacial score (nSPS) is 14.7. The molecule has 1 aromatic carbocycles. The maximum absolute atomic E-state index is 12.9. The molecule has 0 fully saturated rings. The minimum Gasteiger partial charge on any atom is -0.486 e. The molecule has 25 heavy (non-hydrogen) atoms. The monoisotopic (exact) mass is 370 g/mol. The van der Waals surface area contributed by atoms with Crippen LogP contribution in [-0.2, 0) is 10.2 Å². The number of likely N-dealkylation sites (N-methyl/N-ethyl adjacent to an activating group) is 1. The highest BCUT2D eigenvalue weighted by Crippen LogP contribution is 2.35. The van der Waals surface area contributed by atoms with Gasteiger partial charge in [0.05, 0.1) is 5.41 Å². The van der Waals surface area contributed by atoms with Gasteiger partial charge in [0.2, 0.25) is 5.91 Å². The number of rotatable bonds is 6. The van der Waals surface area contributed by atoms with Crippen molar-refractivity contribution in [2.75, 3.05) is 26.8 Å². The Morgan fingerprint density at radius 1 is 1.24 bits per heavy atom. The smallest absolute Gasteiger partial charge is 0.232 e. The predicted molar refractivity (Wildman–Crippen MR) is 103 cm³/mol. The average Bonchev–Trinajstić information content (AvgIpc) is 2.57. The molecule has 1 amide bonds. The van der Waals surface area contributed by atoms with Crippen LogP contribution in [0, 0.1) is 5.92 Å². The lowest BCUT2D eigenvalue weighted by Crippen LogP contribution is -2.43. The average molecular weight is 371 g/mol. The fourth-order valence-electron chi connectivity index (χ4n) is 2.81. The topological polar surface area (TPSA) is 64.8 Å². The molecular weight excluding hydrogens is 340 g/mol. The number of halogens is 1. The molecule has 1 aromatic rings. The van der Waals surface area contributed by atoms with Crippen LogP contribution in [0.15, 0.2) is 18.2 Å². The maximum atomic E-state index is 12.9. The Balaban J connectivity index is 0.00000312. The standard InChI is InChI=1S/C19H30N2O3.ClH/c1-13(2)15(20)8-9-21(5)18(22)19(3,4)14-6-7-16-17(12-14)24-11-10-23-16;/h6-7,12-13,15H,8-11,20H2,1-5H3;1H. The molecule has 0 spiro atoms. The molecule has 5 nitrogen and oxygen atoms in total. The first-order chi connectivity index (χ1) is 11.2. The summed E-state index contributed by atoms with van der Waals surface area (Å²) in [5, 5.41) is 0. The lowest BCUT2D eigenvalue weighted by Gasteiger charge is -2.31. The molecule has 1 aliphatic rings. The molecule has 1 atom stereocenters. The van der Waals surface area contributed by atoms with Gasteiger partial charge < -0.3 is 20.1 Å². The molecule has 1 heterocycles. The Bertz CT molecular complexity index is 590. The second-order valence-corrected chi connectivity index (χ2v) is 7.41. The molecule has 0 bridgehead atoms. The summed E-state index contributed by atoms with van der Waals surface area (Å²) in [4.78, 5) is 14.7. The summed E-state index contributed by atoms with van der Waals surface area (Å²) in [7, 11) is 1.84. The van der Waals surface area contributed by atoms with E-state index in [1.807, 2.05) is 39.1 Å². The Labute approximate surface area is 157 Å². The van der Waals surface area contributed by atoms with Gasteiger partial charge in [-0.2, -0.15) is 0 Å². The van der Waals surface area contributed by atoms with Crippen LogP contribution in [0.4, 0.5) is 0 Å². The highest BCUT2D eigenvalue weighted by molar-refractivity contribution is 5.87. The Morgan fingerprint density at radius 2 is 1.84 bits per heavy atom. The summed E-state index contributed by atoms with van der Waals surface area (Å²) < 4.78 is 11.2. The largest absolute Gasteiger partial charge is 0.486 e. The van der Waals surface area contributed by atoms with Gasteiger partial charge >= 0.3 is 0 Å². The molecule has 6 heteroatoms. The van der Waals surface area contributed by atoms with Crippen molar-refractivity contribution in [2.45, 2.75) is 45.6 Å². The van der Waals surface area contributed by atoms with Crippen LogP contribution in [0.5, 0.6) is 11.5 Å². The molecule has 1 unspecified atom stereocenters. The zero-order chi connectivity index (χ0) is 17.9. The maximum Gasteiger partial charge on any atom is 0.232 e. The zero-order valence-electron chi connectivity index (χ0n) is 15.9. The van der Waals surface area contributed by atoms with Crippen molar-refractivity contribution in [2.24, 2.45) is 11.7 Å². The molecule has 0 aromatic heterocycles. The van der Waals surface area contributed by atoms with Gasteiger partial charge in [-0.1, -0.05) is 19.9 Å². The number of fused-ring (bicyclic) bond motifs is 1. The Hall–Kier alpha value is -1.46. The van der Waals surface area contributed by atoms with Crippen molar-refractivity contribution in [3.63, 3.8) is 0 Å². The first-order valence-corrected chi connectivity index (χ1v) is 8.64. The van der Waals surface area contributed by atoms with Gasteiger partial charge in [-0.05, 0) is 43.9 Å². The third kappa shape index (κ3) is 5.02. The number of carbonyl (C=O) groups excluding carboxylic acids is 1. The first-order valence-electron chi connectivity index (χ1n) is 8.64. The van der Waals surface area contributed by atoms with E-state index in [9.17, 15) is 4.79 Å². The molecule has 142 valence electrons. The van der Waals surface area contributed by atoms with Crippen LogP contribution in [0.25, 0.3) is 0 Å². The third-order valence-electron chi connectivity index (χ3n) is 4.80. The van der Waals surface area contributed by atoms with Crippen molar-refractivity contribution in [1.29, 1.82) is 0 Å². The van der Waals surface area contributed by atoms with Gasteiger partial charge in [-0.3, -0.25) is 4.79 Å². The van der Waals surface area contributed by atoms with Crippen LogP contribution in [0.3, 0.4) is 0 Å². The Kier molecular flexibility index (Phi) is 7.57. The number of ether oxygens (including phenoxy) is 2. The van der Waals surface area contributed by atoms with E-state index in [1.54, 1.807) is 4.90 Å². The quantitative estimate of drug-likeness (QED) is 0.836. The van der Waals surface area contributed by atoms with Crippen LogP contribution < -0.4 is 15.2 Å². The summed E-state index contributed by atoms with van der Waals surface area (Å²) in [6.45, 7) is 9.86. The molecule has 2 rings (SSSR count). The minimum absolute atomic E-state index is 0. The summed E-state index contributed by atoms with van der Waals surface area (Å²) in [6.07, 6.45) is 0.803. The fourth-order valence-corrected chi connectivity index (χ4v) is 2.81. The van der Waals surface area contributed by atoms with Crippen molar-refractivity contribution in [3.8, 4) is 11.5 Å². The molecule has 0 saturated heterocycles. The minimum atomic E-state index is -0.632. The molecular formula is C19H31ClN2O3. The van der Waals surface area contributed by atoms with Gasteiger partial charge in [-0.25, -0.2) is 0 Å². The van der Waals surface area contributed by atoms with Crippen LogP contribution in [0.2, 0.25) is 0 Å². The fraction of sp³-hybridized carbons (Fsp3) is 0.632. The van der Waals surface area contributed by atoms with Crippen LogP contribution >= 0.6 is 12.4 Å². The summed E-state index contributed by atoms with van der Waals surface area (Å²) in [5.74, 6) is 1.95. The summed E-state index contributed by atoms with van der Waals surface area (Å²) in [5.41, 5.74) is 6.39. The van der Waals surface area contributed by atoms with Gasteiger partial charge in [0.25, 0.3) is 0 Å². The molecule has 0 radical (unpaired) electrons. The number of amides is 1. The number of hydrogen-bond donors (Lipinski definition) is 1. The number of carbonyl (C=O) groups is 1. The third-order valence-corrected chi connectivity index (χ3v) is 4.80. The lowest BCUT2D eigenvalue weighted by molar-refractivity contribution is -0.135. The van der Waals surface area contributed by atoms with E-state index in [0.717, 1.165) is 17.7 Å². The van der Waals surface area contributed by atoms with E-state index < -0.39 is 5.41 Å². The van der Waals surface area contributed by atoms with Crippen molar-refractivity contribution in [1.82, 2.24) is 4.90 Å². The second kappa shape index (κ2) is 8.77. The van der Waals surface area contributed by atoms with E-state index in [1.165, 1.54) is 0 Å². The number of nitrogens with two attached hydrogens (primary N) is 1. The van der Waals surface area contributed by atoms with Crippen molar-refractivity contribution < 1.29 is 14.3 Å². The summed E-state index contributed by atoms with van der Waals surface area (Å²) in [6, 6.07) is 5.85. The molecule has 2 N–H and O–H groups in total. The van der Waals surface area contributed by atoms with E-state index in [2.05, 4.69) is 13.8 Å². The molecule has 0 aliphatic carbocycles. The number of nitrogens with zero attached hydrogens (tertiary/aromatic N) is 1. The second-order valence-electron chi connectivity index (χ2n) is 7.41. The lowest BCUT2D eigenvalue weighted by atomic mass is 9.83. The van der Waals surface area contributed by atoms with Gasteiger partial charge in [0.1, 0.15) is 13.2 Å². The van der Waals surface area contributed by atoms with E-state index in [-0.39, 0.29) is 24.4 Å². The van der Waals surface area contributed by atoms with Gasteiger partial charge in [0, 0.05) is 19.6 Å². The van der Waals surface area contributed by atoms with Gasteiger partial charge in [-0.15, -0.1) is 12.4 Å². The molecule has 1 aliphatic heterocycles. The predicted octanol–water partition coefficient (Wildman–Crippen LogP) is 2.99. The Morgan fingerprint density at radius 3 is 2.44 bits per heavy atom. The van der Waals surface area contributed by atoms with E-state index >= 15 is 0 Å². The van der Waals surface area contributed by atoms with E-state index in [0.29, 0.717) is 31.4 Å². The highest BCUT2D eigenvalue weighted by Gasteiger charge is 2.33. The summed E-state index contributed by atoms with van der Waals surface area (Å²) >= 11 is 0. The zero-order valence-corrected chi connectivity index (χ0v) is 16.7. The van der Waals surface area contributed by atoms with Crippen LogP contribution in [0.1, 0.15) is 39.7 Å². The van der Waals surface area contributed by atoms with Crippen LogP contribution in [-0.4, -0.2) is 43.7 Å². The number of benzene rings is 1. The van der Waals surface area contributed by atoms with Gasteiger partial charge in [0.15, 0.2) is 11.5 Å². The highest BCUT2D eigenvalue weighted by atomic mass is 35.5. The first kappa shape index (κ1) is 21.6. The number of hydrogen-bond acceptors (Lipinski definition) is 4. The van der Waals surface area contributed by atoms with E-state index in [4.69, 9.17) is 15.2 Å². The van der Waals surface area contributed by atoms with Crippen molar-refractivity contribution >= 4 is 18.3 Å².